The number of aliphatic imine (C=N–C) groups is 1. The van der Waals surface area contributed by atoms with Crippen LogP contribution in [-0.4, -0.2) is 72.7 Å². The molecule has 3 heterocycles. The minimum Gasteiger partial charge on any atom is -0.379 e. The van der Waals surface area contributed by atoms with Crippen LogP contribution in [0.2, 0.25) is 0 Å². The molecule has 0 aliphatic carbocycles. The lowest BCUT2D eigenvalue weighted by Gasteiger charge is -2.32. The number of pyridine rings is 1. The van der Waals surface area contributed by atoms with Gasteiger partial charge in [0, 0.05) is 45.0 Å². The number of hydrogen-bond donors (Lipinski definition) is 1. The van der Waals surface area contributed by atoms with Crippen LogP contribution in [0.5, 0.6) is 0 Å². The molecule has 0 spiro atoms. The SMILES string of the molecule is CCNC(=NCc1ccccn1)N1CCC(N2CCOCC2)C1. The lowest BCUT2D eigenvalue weighted by atomic mass is 10.2. The summed E-state index contributed by atoms with van der Waals surface area (Å²) in [6.45, 7) is 9.59. The minimum absolute atomic E-state index is 0.623. The van der Waals surface area contributed by atoms with E-state index in [4.69, 9.17) is 9.73 Å². The predicted molar refractivity (Wildman–Crippen MR) is 91.4 cm³/mol. The molecule has 0 aromatic carbocycles. The molecule has 1 atom stereocenters. The maximum atomic E-state index is 5.46. The van der Waals surface area contributed by atoms with Crippen LogP contribution in [0.25, 0.3) is 0 Å². The molecule has 6 nitrogen and oxygen atoms in total. The Labute approximate surface area is 138 Å². The highest BCUT2D eigenvalue weighted by Crippen LogP contribution is 2.17. The van der Waals surface area contributed by atoms with Gasteiger partial charge in [-0.15, -0.1) is 0 Å². The first kappa shape index (κ1) is 16.2. The predicted octanol–water partition coefficient (Wildman–Crippen LogP) is 0.954. The van der Waals surface area contributed by atoms with E-state index in [0.717, 1.165) is 57.6 Å². The summed E-state index contributed by atoms with van der Waals surface area (Å²) in [5.74, 6) is 1.01. The topological polar surface area (TPSA) is 53.0 Å². The summed E-state index contributed by atoms with van der Waals surface area (Å²) in [4.78, 5) is 14.1. The standard InChI is InChI=1S/C17H27N5O/c1-2-18-17(20-13-15-5-3-4-7-19-15)22-8-6-16(14-22)21-9-11-23-12-10-21/h3-5,7,16H,2,6,8-14H2,1H3,(H,18,20). The first-order valence-electron chi connectivity index (χ1n) is 8.62. The zero-order chi connectivity index (χ0) is 15.9. The number of hydrogen-bond acceptors (Lipinski definition) is 4. The van der Waals surface area contributed by atoms with Crippen LogP contribution < -0.4 is 5.32 Å². The molecule has 3 rings (SSSR count). The van der Waals surface area contributed by atoms with Gasteiger partial charge in [0.1, 0.15) is 0 Å². The van der Waals surface area contributed by atoms with Gasteiger partial charge < -0.3 is 15.0 Å². The van der Waals surface area contributed by atoms with Crippen LogP contribution in [0.4, 0.5) is 0 Å². The van der Waals surface area contributed by atoms with E-state index in [1.54, 1.807) is 0 Å². The summed E-state index contributed by atoms with van der Waals surface area (Å²) in [6.07, 6.45) is 3.02. The zero-order valence-corrected chi connectivity index (χ0v) is 13.9. The first-order valence-corrected chi connectivity index (χ1v) is 8.62. The molecular formula is C17H27N5O. The fourth-order valence-electron chi connectivity index (χ4n) is 3.25. The van der Waals surface area contributed by atoms with Gasteiger partial charge in [-0.05, 0) is 25.5 Å². The van der Waals surface area contributed by atoms with Crippen molar-refractivity contribution in [3.05, 3.63) is 30.1 Å². The number of guanidine groups is 1. The van der Waals surface area contributed by atoms with Crippen molar-refractivity contribution in [3.63, 3.8) is 0 Å². The number of aromatic nitrogens is 1. The van der Waals surface area contributed by atoms with Crippen LogP contribution in [-0.2, 0) is 11.3 Å². The lowest BCUT2D eigenvalue weighted by Crippen LogP contribution is -2.46. The molecule has 23 heavy (non-hydrogen) atoms. The number of ether oxygens (including phenoxy) is 1. The molecular weight excluding hydrogens is 290 g/mol. The normalized spacial score (nSPS) is 23.3. The van der Waals surface area contributed by atoms with Crippen LogP contribution in [0.3, 0.4) is 0 Å². The monoisotopic (exact) mass is 317 g/mol. The van der Waals surface area contributed by atoms with Crippen molar-refractivity contribution in [1.82, 2.24) is 20.1 Å². The van der Waals surface area contributed by atoms with Crippen LogP contribution in [0.1, 0.15) is 19.0 Å². The van der Waals surface area contributed by atoms with E-state index in [2.05, 4.69) is 27.0 Å². The third kappa shape index (κ3) is 4.42. The summed E-state index contributed by atoms with van der Waals surface area (Å²) in [7, 11) is 0. The number of rotatable bonds is 4. The van der Waals surface area contributed by atoms with Gasteiger partial charge in [0.2, 0.25) is 0 Å². The fraction of sp³-hybridized carbons (Fsp3) is 0.647. The van der Waals surface area contributed by atoms with Crippen LogP contribution >= 0.6 is 0 Å². The van der Waals surface area contributed by atoms with Crippen LogP contribution in [0.15, 0.2) is 29.4 Å². The van der Waals surface area contributed by atoms with E-state index in [-0.39, 0.29) is 0 Å². The van der Waals surface area contributed by atoms with Gasteiger partial charge in [-0.1, -0.05) is 6.07 Å². The highest BCUT2D eigenvalue weighted by Gasteiger charge is 2.30. The zero-order valence-electron chi connectivity index (χ0n) is 13.9. The molecule has 1 aromatic rings. The molecule has 2 aliphatic heterocycles. The lowest BCUT2D eigenvalue weighted by molar-refractivity contribution is 0.0195. The summed E-state index contributed by atoms with van der Waals surface area (Å²) >= 11 is 0. The Hall–Kier alpha value is -1.66. The molecule has 2 saturated heterocycles. The number of morpholine rings is 1. The quantitative estimate of drug-likeness (QED) is 0.662. The van der Waals surface area contributed by atoms with Crippen molar-refractivity contribution in [2.75, 3.05) is 45.9 Å². The van der Waals surface area contributed by atoms with Gasteiger partial charge in [-0.2, -0.15) is 0 Å². The third-order valence-electron chi connectivity index (χ3n) is 4.48. The summed E-state index contributed by atoms with van der Waals surface area (Å²) in [6, 6.07) is 6.59. The Morgan fingerprint density at radius 3 is 2.96 bits per heavy atom. The van der Waals surface area contributed by atoms with E-state index in [1.807, 2.05) is 24.4 Å². The fourth-order valence-corrected chi connectivity index (χ4v) is 3.25. The second-order valence-corrected chi connectivity index (χ2v) is 6.03. The van der Waals surface area contributed by atoms with E-state index in [1.165, 1.54) is 6.42 Å². The van der Waals surface area contributed by atoms with Crippen LogP contribution in [0, 0.1) is 0 Å². The number of likely N-dealkylation sites (tertiary alicyclic amines) is 1. The van der Waals surface area contributed by atoms with E-state index < -0.39 is 0 Å². The number of nitrogens with one attached hydrogen (secondary N) is 1. The minimum atomic E-state index is 0.623. The molecule has 126 valence electrons. The van der Waals surface area contributed by atoms with Gasteiger partial charge in [0.15, 0.2) is 5.96 Å². The van der Waals surface area contributed by atoms with Crippen molar-refractivity contribution in [3.8, 4) is 0 Å². The van der Waals surface area contributed by atoms with Crippen molar-refractivity contribution >= 4 is 5.96 Å². The van der Waals surface area contributed by atoms with E-state index in [9.17, 15) is 0 Å². The Morgan fingerprint density at radius 1 is 1.35 bits per heavy atom. The van der Waals surface area contributed by atoms with Crippen molar-refractivity contribution in [1.29, 1.82) is 0 Å². The average Bonchev–Trinajstić information content (AvgIpc) is 3.10. The molecule has 0 bridgehead atoms. The van der Waals surface area contributed by atoms with Gasteiger partial charge >= 0.3 is 0 Å². The van der Waals surface area contributed by atoms with E-state index >= 15 is 0 Å². The molecule has 0 amide bonds. The Balaban J connectivity index is 1.60. The first-order chi connectivity index (χ1) is 11.4. The highest BCUT2D eigenvalue weighted by atomic mass is 16.5. The van der Waals surface area contributed by atoms with E-state index in [0.29, 0.717) is 12.6 Å². The molecule has 1 N–H and O–H groups in total. The summed E-state index contributed by atoms with van der Waals surface area (Å²) < 4.78 is 5.46. The molecule has 1 aromatic heterocycles. The molecule has 1 unspecified atom stereocenters. The highest BCUT2D eigenvalue weighted by molar-refractivity contribution is 5.80. The Kier molecular flexibility index (Phi) is 5.82. The van der Waals surface area contributed by atoms with Gasteiger partial charge in [-0.3, -0.25) is 9.88 Å². The van der Waals surface area contributed by atoms with Crippen molar-refractivity contribution in [2.45, 2.75) is 25.9 Å². The largest absolute Gasteiger partial charge is 0.379 e. The molecule has 6 heteroatoms. The maximum absolute atomic E-state index is 5.46. The van der Waals surface area contributed by atoms with Crippen molar-refractivity contribution in [2.24, 2.45) is 4.99 Å². The maximum Gasteiger partial charge on any atom is 0.194 e. The summed E-state index contributed by atoms with van der Waals surface area (Å²) in [5.41, 5.74) is 1.01. The molecule has 0 radical (unpaired) electrons. The third-order valence-corrected chi connectivity index (χ3v) is 4.48. The Bertz CT molecular complexity index is 501. The molecule has 2 fully saturated rings. The average molecular weight is 317 g/mol. The molecule has 0 saturated carbocycles. The molecule has 2 aliphatic rings. The second kappa shape index (κ2) is 8.26. The van der Waals surface area contributed by atoms with Gasteiger partial charge in [-0.25, -0.2) is 4.99 Å². The number of nitrogens with zero attached hydrogens (tertiary/aromatic N) is 4. The summed E-state index contributed by atoms with van der Waals surface area (Å²) in [5, 5.41) is 3.42. The van der Waals surface area contributed by atoms with Crippen molar-refractivity contribution < 1.29 is 4.74 Å². The smallest absolute Gasteiger partial charge is 0.194 e. The second-order valence-electron chi connectivity index (χ2n) is 6.03. The van der Waals surface area contributed by atoms with Gasteiger partial charge in [0.05, 0.1) is 25.5 Å². The Morgan fingerprint density at radius 2 is 2.22 bits per heavy atom. The van der Waals surface area contributed by atoms with Gasteiger partial charge in [0.25, 0.3) is 0 Å².